The van der Waals surface area contributed by atoms with Gasteiger partial charge in [0.2, 0.25) is 0 Å². The first kappa shape index (κ1) is 28.3. The number of nitrogens with zero attached hydrogens (tertiary/aromatic N) is 4. The van der Waals surface area contributed by atoms with Crippen LogP contribution in [0, 0.1) is 3.57 Å². The van der Waals surface area contributed by atoms with Gasteiger partial charge >= 0.3 is 0 Å². The van der Waals surface area contributed by atoms with Gasteiger partial charge in [-0.1, -0.05) is 67.5 Å². The van der Waals surface area contributed by atoms with E-state index in [4.69, 9.17) is 0 Å². The molecule has 1 N–H and O–H groups in total. The maximum absolute atomic E-state index is 4.06. The lowest BCUT2D eigenvalue weighted by Gasteiger charge is -2.11. The van der Waals surface area contributed by atoms with Gasteiger partial charge in [-0.25, -0.2) is 4.68 Å². The molecule has 0 aliphatic heterocycles. The first-order valence-electron chi connectivity index (χ1n) is 10.1. The van der Waals surface area contributed by atoms with E-state index in [0.717, 1.165) is 22.8 Å². The molecular weight excluding hydrogens is 461 g/mol. The Bertz CT molecular complexity index is 724. The Kier molecular flexibility index (Phi) is 18.6. The molecule has 5 nitrogen and oxygen atoms in total. The highest BCUT2D eigenvalue weighted by Gasteiger charge is 2.10. The van der Waals surface area contributed by atoms with Gasteiger partial charge < -0.3 is 5.32 Å². The van der Waals surface area contributed by atoms with Crippen LogP contribution >= 0.6 is 22.6 Å². The van der Waals surface area contributed by atoms with Gasteiger partial charge in [0, 0.05) is 27.6 Å². The Balaban J connectivity index is 0. The minimum Gasteiger partial charge on any atom is -0.355 e. The number of hydrogen-bond acceptors (Lipinski definition) is 4. The van der Waals surface area contributed by atoms with Crippen molar-refractivity contribution in [3.8, 4) is 11.4 Å². The summed E-state index contributed by atoms with van der Waals surface area (Å²) in [7, 11) is 1.83. The van der Waals surface area contributed by atoms with E-state index in [-0.39, 0.29) is 0 Å². The Morgan fingerprint density at radius 1 is 0.786 bits per heavy atom. The van der Waals surface area contributed by atoms with Crippen LogP contribution in [-0.2, 0) is 7.05 Å². The van der Waals surface area contributed by atoms with Gasteiger partial charge in [0.25, 0.3) is 0 Å². The molecule has 156 valence electrons. The van der Waals surface area contributed by atoms with Gasteiger partial charge in [-0.15, -0.1) is 5.10 Å². The molecule has 3 rings (SSSR count). The van der Waals surface area contributed by atoms with Crippen LogP contribution in [0.5, 0.6) is 0 Å². The molecule has 0 unspecified atom stereocenters. The number of aryl methyl sites for hydroxylation is 1. The monoisotopic (exact) mass is 497 g/mol. The predicted molar refractivity (Wildman–Crippen MR) is 132 cm³/mol. The molecular formula is C22H36IN5. The molecule has 28 heavy (non-hydrogen) atoms. The minimum absolute atomic E-state index is 0.735. The number of anilines is 2. The topological polar surface area (TPSA) is 55.6 Å². The van der Waals surface area contributed by atoms with E-state index in [9.17, 15) is 0 Å². The summed E-state index contributed by atoms with van der Waals surface area (Å²) in [6.07, 6.45) is 0. The summed E-state index contributed by atoms with van der Waals surface area (Å²) < 4.78 is 2.87. The molecule has 0 bridgehead atoms. The van der Waals surface area contributed by atoms with Crippen LogP contribution in [0.2, 0.25) is 0 Å². The lowest BCUT2D eigenvalue weighted by molar-refractivity contribution is 0.715. The number of benzene rings is 2. The average molecular weight is 497 g/mol. The summed E-state index contributed by atoms with van der Waals surface area (Å²) >= 11 is 2.29. The molecule has 0 atom stereocenters. The zero-order valence-electron chi connectivity index (χ0n) is 18.8. The largest absolute Gasteiger partial charge is 0.355 e. The van der Waals surface area contributed by atoms with Crippen LogP contribution in [0.15, 0.2) is 48.5 Å². The van der Waals surface area contributed by atoms with Crippen molar-refractivity contribution >= 4 is 34.0 Å². The van der Waals surface area contributed by atoms with E-state index in [0.29, 0.717) is 0 Å². The fourth-order valence-corrected chi connectivity index (χ4v) is 2.29. The highest BCUT2D eigenvalue weighted by molar-refractivity contribution is 14.1. The molecule has 0 saturated carbocycles. The van der Waals surface area contributed by atoms with Crippen molar-refractivity contribution < 1.29 is 0 Å². The number of rotatable bonds is 3. The maximum Gasteiger partial charge on any atom is 0.183 e. The molecule has 1 aromatic heterocycles. The van der Waals surface area contributed by atoms with Crippen LogP contribution in [0.1, 0.15) is 55.4 Å². The summed E-state index contributed by atoms with van der Waals surface area (Å²) in [5.41, 5.74) is 2.98. The van der Waals surface area contributed by atoms with Gasteiger partial charge in [0.15, 0.2) is 5.82 Å². The Labute approximate surface area is 185 Å². The normalized spacial score (nSPS) is 8.36. The van der Waals surface area contributed by atoms with Gasteiger partial charge in [0.1, 0.15) is 0 Å². The molecule has 0 aliphatic rings. The minimum atomic E-state index is 0.735. The van der Waals surface area contributed by atoms with Crippen molar-refractivity contribution in [2.24, 2.45) is 7.05 Å². The zero-order chi connectivity index (χ0) is 21.9. The quantitative estimate of drug-likeness (QED) is 0.385. The van der Waals surface area contributed by atoms with E-state index < -0.39 is 0 Å². The molecule has 6 heteroatoms. The van der Waals surface area contributed by atoms with Gasteiger partial charge in [0.05, 0.1) is 0 Å². The maximum atomic E-state index is 4.06. The lowest BCUT2D eigenvalue weighted by atomic mass is 10.1. The van der Waals surface area contributed by atoms with Gasteiger partial charge in [-0.05, 0) is 69.4 Å². The number of tetrazole rings is 1. The Morgan fingerprint density at radius 3 is 1.82 bits per heavy atom. The molecule has 0 saturated heterocycles. The van der Waals surface area contributed by atoms with Crippen LogP contribution in [0.25, 0.3) is 11.4 Å². The number of nitrogens with one attached hydrogen (secondary N) is 1. The molecule has 2 aromatic carbocycles. The van der Waals surface area contributed by atoms with Crippen molar-refractivity contribution in [2.75, 3.05) is 5.32 Å². The van der Waals surface area contributed by atoms with E-state index in [2.05, 4.69) is 55.6 Å². The highest BCUT2D eigenvalue weighted by atomic mass is 127. The first-order valence-corrected chi connectivity index (χ1v) is 11.2. The second-order valence-corrected chi connectivity index (χ2v) is 5.55. The number of aromatic nitrogens is 4. The summed E-state index contributed by atoms with van der Waals surface area (Å²) in [5, 5.41) is 15.0. The fourth-order valence-electron chi connectivity index (χ4n) is 1.93. The van der Waals surface area contributed by atoms with Gasteiger partial charge in [-0.2, -0.15) is 0 Å². The van der Waals surface area contributed by atoms with Crippen LogP contribution < -0.4 is 5.32 Å². The molecule has 1 heterocycles. The molecule has 0 fully saturated rings. The van der Waals surface area contributed by atoms with E-state index in [1.807, 2.05) is 98.8 Å². The number of para-hydroxylation sites is 1. The summed E-state index contributed by atoms with van der Waals surface area (Å²) in [6.45, 7) is 16.0. The van der Waals surface area contributed by atoms with Crippen LogP contribution in [0.4, 0.5) is 11.4 Å². The summed E-state index contributed by atoms with van der Waals surface area (Å²) in [5.74, 6) is 0.735. The third kappa shape index (κ3) is 9.30. The molecule has 0 spiro atoms. The number of hydrogen-bond donors (Lipinski definition) is 1. The van der Waals surface area contributed by atoms with Crippen LogP contribution in [-0.4, -0.2) is 20.2 Å². The Hall–Kier alpha value is -1.96. The molecule has 0 amide bonds. The molecule has 3 aromatic rings. The van der Waals surface area contributed by atoms with E-state index >= 15 is 0 Å². The first-order chi connectivity index (χ1) is 13.7. The second-order valence-electron chi connectivity index (χ2n) is 4.30. The summed E-state index contributed by atoms with van der Waals surface area (Å²) in [4.78, 5) is 0. The smallest absolute Gasteiger partial charge is 0.183 e. The lowest BCUT2D eigenvalue weighted by Crippen LogP contribution is -1.98. The number of halogens is 1. The van der Waals surface area contributed by atoms with Crippen molar-refractivity contribution in [1.29, 1.82) is 0 Å². The van der Waals surface area contributed by atoms with Crippen molar-refractivity contribution in [1.82, 2.24) is 20.2 Å². The van der Waals surface area contributed by atoms with Crippen molar-refractivity contribution in [3.63, 3.8) is 0 Å². The SMILES string of the molecule is CC.CC.CC.CC.Cn1nnnc1-c1ccccc1Nc1ccc(I)cc1. The van der Waals surface area contributed by atoms with E-state index in [1.165, 1.54) is 3.57 Å². The fraction of sp³-hybridized carbons (Fsp3) is 0.409. The van der Waals surface area contributed by atoms with Crippen molar-refractivity contribution in [2.45, 2.75) is 55.4 Å². The van der Waals surface area contributed by atoms with E-state index in [1.54, 1.807) is 4.68 Å². The van der Waals surface area contributed by atoms with Crippen LogP contribution in [0.3, 0.4) is 0 Å². The zero-order valence-corrected chi connectivity index (χ0v) is 20.9. The molecule has 0 aliphatic carbocycles. The second kappa shape index (κ2) is 18.4. The molecule has 0 radical (unpaired) electrons. The third-order valence-corrected chi connectivity index (χ3v) is 3.63. The Morgan fingerprint density at radius 2 is 1.32 bits per heavy atom. The standard InChI is InChI=1S/C14H12IN5.4C2H6/c1-20-14(17-18-19-20)12-4-2-3-5-13(12)16-11-8-6-10(15)7-9-11;4*1-2/h2-9,16H,1H3;4*1-2H3. The predicted octanol–water partition coefficient (Wildman–Crippen LogP) is 7.33. The third-order valence-electron chi connectivity index (χ3n) is 2.91. The summed E-state index contributed by atoms with van der Waals surface area (Å²) in [6, 6.07) is 16.2. The highest BCUT2D eigenvalue weighted by Crippen LogP contribution is 2.28. The van der Waals surface area contributed by atoms with Crippen molar-refractivity contribution in [3.05, 3.63) is 52.1 Å². The average Bonchev–Trinajstić information content (AvgIpc) is 3.21. The van der Waals surface area contributed by atoms with Gasteiger partial charge in [-0.3, -0.25) is 0 Å².